The molecule has 0 radical (unpaired) electrons. The molecule has 2 aromatic carbocycles. The van der Waals surface area contributed by atoms with Gasteiger partial charge in [-0.15, -0.1) is 0 Å². The summed E-state index contributed by atoms with van der Waals surface area (Å²) in [5.41, 5.74) is 1.89. The smallest absolute Gasteiger partial charge is 0.272 e. The number of hydrogen-bond acceptors (Lipinski definition) is 5. The summed E-state index contributed by atoms with van der Waals surface area (Å²) in [6.45, 7) is 2.27. The largest absolute Gasteiger partial charge is 0.372 e. The summed E-state index contributed by atoms with van der Waals surface area (Å²) in [6.07, 6.45) is 2.15. The molecule has 4 rings (SSSR count). The fraction of sp³-hybridized carbons (Fsp3) is 0.280. The van der Waals surface area contributed by atoms with E-state index in [2.05, 4.69) is 10.0 Å². The van der Waals surface area contributed by atoms with Gasteiger partial charge in [-0.3, -0.25) is 4.79 Å². The summed E-state index contributed by atoms with van der Waals surface area (Å²) >= 11 is 0. The van der Waals surface area contributed by atoms with E-state index in [0.717, 1.165) is 11.6 Å². The van der Waals surface area contributed by atoms with Crippen molar-refractivity contribution in [2.75, 3.05) is 5.32 Å². The number of fused-ring (bicyclic) bond motifs is 1. The maximum Gasteiger partial charge on any atom is 0.272 e. The number of ether oxygens (including phenoxy) is 1. The van der Waals surface area contributed by atoms with Crippen molar-refractivity contribution in [3.8, 4) is 6.07 Å². The van der Waals surface area contributed by atoms with Gasteiger partial charge in [-0.1, -0.05) is 30.3 Å². The molecule has 3 atom stereocenters. The number of aromatic nitrogens is 1. The Morgan fingerprint density at radius 1 is 1.37 bits per heavy atom. The molecule has 182 valence electrons. The van der Waals surface area contributed by atoms with Crippen LogP contribution in [0.4, 0.5) is 10.1 Å². The van der Waals surface area contributed by atoms with Crippen molar-refractivity contribution in [1.29, 1.82) is 10.0 Å². The summed E-state index contributed by atoms with van der Waals surface area (Å²) in [5, 5.41) is 11.7. The molecule has 2 heterocycles. The third-order valence-electron chi connectivity index (χ3n) is 6.06. The van der Waals surface area contributed by atoms with Crippen molar-refractivity contribution >= 4 is 21.5 Å². The van der Waals surface area contributed by atoms with Gasteiger partial charge in [0.05, 0.1) is 23.2 Å². The fourth-order valence-corrected chi connectivity index (χ4v) is 5.91. The molecule has 1 amide bonds. The van der Waals surface area contributed by atoms with Crippen molar-refractivity contribution in [2.45, 2.75) is 43.4 Å². The SMILES string of the molecule is C[C@@H](OCc1ccccc1)[C@H]1CCc2c(cn(C)c2C(=O)Nc2ccc(F)c(C#N)c2)S(=N)(=O)N1. The first-order chi connectivity index (χ1) is 16.7. The van der Waals surface area contributed by atoms with Crippen LogP contribution in [0.2, 0.25) is 0 Å². The monoisotopic (exact) mass is 495 g/mol. The van der Waals surface area contributed by atoms with Gasteiger partial charge >= 0.3 is 0 Å². The number of rotatable bonds is 6. The second kappa shape index (κ2) is 10.00. The van der Waals surface area contributed by atoms with Crippen LogP contribution < -0.4 is 10.0 Å². The Morgan fingerprint density at radius 2 is 2.11 bits per heavy atom. The molecule has 8 nitrogen and oxygen atoms in total. The van der Waals surface area contributed by atoms with E-state index >= 15 is 0 Å². The van der Waals surface area contributed by atoms with Gasteiger partial charge in [0.15, 0.2) is 0 Å². The zero-order chi connectivity index (χ0) is 25.2. The molecule has 35 heavy (non-hydrogen) atoms. The highest BCUT2D eigenvalue weighted by Crippen LogP contribution is 2.29. The van der Waals surface area contributed by atoms with Crippen LogP contribution in [0.1, 0.15) is 40.5 Å². The van der Waals surface area contributed by atoms with Crippen LogP contribution in [-0.4, -0.2) is 26.8 Å². The Hall–Kier alpha value is -3.52. The first-order valence-corrected chi connectivity index (χ1v) is 12.7. The Kier molecular flexibility index (Phi) is 7.03. The molecular formula is C25H26FN5O3S. The van der Waals surface area contributed by atoms with E-state index < -0.39 is 21.6 Å². The number of nitrogens with one attached hydrogen (secondary N) is 3. The highest BCUT2D eigenvalue weighted by atomic mass is 32.2. The standard InChI is InChI=1S/C25H26FN5O3S/c1-16(34-15-17-6-4-3-5-7-17)22-11-9-20-23(35(28,33)30-22)14-31(2)24(20)25(32)29-19-8-10-21(26)18(12-19)13-27/h3-8,10,12,14,16,22H,9,11,15H2,1-2H3,(H,29,32)(H2,28,30,33)/t16-,22-,35?/m1/s1. The molecule has 3 N–H and O–H groups in total. The maximum atomic E-state index is 13.6. The molecule has 1 aliphatic heterocycles. The fourth-order valence-electron chi connectivity index (χ4n) is 4.20. The lowest BCUT2D eigenvalue weighted by atomic mass is 10.0. The lowest BCUT2D eigenvalue weighted by Gasteiger charge is -2.24. The number of anilines is 1. The number of nitriles is 1. The minimum Gasteiger partial charge on any atom is -0.372 e. The molecule has 0 saturated heterocycles. The van der Waals surface area contributed by atoms with Crippen LogP contribution in [0.25, 0.3) is 0 Å². The number of benzene rings is 2. The number of carbonyl (C=O) groups excluding carboxylic acids is 1. The average Bonchev–Trinajstić information content (AvgIpc) is 3.12. The molecular weight excluding hydrogens is 469 g/mol. The Balaban J connectivity index is 1.54. The van der Waals surface area contributed by atoms with Crippen molar-refractivity contribution < 1.29 is 18.1 Å². The van der Waals surface area contributed by atoms with Gasteiger partial charge in [0.2, 0.25) is 0 Å². The third-order valence-corrected chi connectivity index (χ3v) is 7.67. The molecule has 1 unspecified atom stereocenters. The molecule has 3 aromatic rings. The van der Waals surface area contributed by atoms with Crippen molar-refractivity contribution in [2.24, 2.45) is 7.05 Å². The predicted molar refractivity (Wildman–Crippen MR) is 130 cm³/mol. The third kappa shape index (κ3) is 5.27. The average molecular weight is 496 g/mol. The summed E-state index contributed by atoms with van der Waals surface area (Å²) in [6, 6.07) is 14.8. The second-order valence-corrected chi connectivity index (χ2v) is 10.3. The maximum absolute atomic E-state index is 13.6. The predicted octanol–water partition coefficient (Wildman–Crippen LogP) is 4.12. The minimum absolute atomic E-state index is 0.181. The van der Waals surface area contributed by atoms with Crippen LogP contribution in [0.5, 0.6) is 0 Å². The van der Waals surface area contributed by atoms with E-state index in [0.29, 0.717) is 25.0 Å². The molecule has 0 bridgehead atoms. The lowest BCUT2D eigenvalue weighted by Crippen LogP contribution is -2.41. The Morgan fingerprint density at radius 3 is 2.83 bits per heavy atom. The number of halogens is 1. The molecule has 10 heteroatoms. The second-order valence-electron chi connectivity index (χ2n) is 8.51. The summed E-state index contributed by atoms with van der Waals surface area (Å²) in [4.78, 5) is 13.4. The van der Waals surface area contributed by atoms with Crippen molar-refractivity contribution in [1.82, 2.24) is 9.29 Å². The van der Waals surface area contributed by atoms with E-state index in [4.69, 9.17) is 14.8 Å². The van der Waals surface area contributed by atoms with Gasteiger partial charge < -0.3 is 14.6 Å². The van der Waals surface area contributed by atoms with Gasteiger partial charge in [-0.25, -0.2) is 18.1 Å². The van der Waals surface area contributed by atoms with E-state index in [-0.39, 0.29) is 34.0 Å². The van der Waals surface area contributed by atoms with E-state index in [1.165, 1.54) is 18.3 Å². The number of hydrogen-bond donors (Lipinski definition) is 3. The van der Waals surface area contributed by atoms with E-state index in [1.54, 1.807) is 17.7 Å². The zero-order valence-electron chi connectivity index (χ0n) is 19.4. The highest BCUT2D eigenvalue weighted by molar-refractivity contribution is 7.90. The van der Waals surface area contributed by atoms with Gasteiger partial charge in [0.25, 0.3) is 5.91 Å². The van der Waals surface area contributed by atoms with Crippen LogP contribution >= 0.6 is 0 Å². The minimum atomic E-state index is -3.40. The Labute approximate surface area is 203 Å². The molecule has 0 aliphatic carbocycles. The molecule has 0 spiro atoms. The van der Waals surface area contributed by atoms with Crippen LogP contribution in [-0.2, 0) is 34.7 Å². The quantitative estimate of drug-likeness (QED) is 0.476. The topological polar surface area (TPSA) is 120 Å². The molecule has 0 saturated carbocycles. The van der Waals surface area contributed by atoms with Crippen LogP contribution in [0.3, 0.4) is 0 Å². The van der Waals surface area contributed by atoms with Crippen LogP contribution in [0, 0.1) is 21.9 Å². The summed E-state index contributed by atoms with van der Waals surface area (Å²) in [7, 11) is -1.76. The number of nitrogens with zero attached hydrogens (tertiary/aromatic N) is 2. The number of carbonyl (C=O) groups is 1. The zero-order valence-corrected chi connectivity index (χ0v) is 20.2. The number of aryl methyl sites for hydroxylation is 1. The normalized spacial score (nSPS) is 20.3. The lowest BCUT2D eigenvalue weighted by molar-refractivity contribution is 0.0308. The highest BCUT2D eigenvalue weighted by Gasteiger charge is 2.33. The van der Waals surface area contributed by atoms with Gasteiger partial charge in [0, 0.05) is 30.5 Å². The van der Waals surface area contributed by atoms with Crippen LogP contribution in [0.15, 0.2) is 59.6 Å². The molecule has 1 aliphatic rings. The molecule has 0 fully saturated rings. The first kappa shape index (κ1) is 24.6. The summed E-state index contributed by atoms with van der Waals surface area (Å²) < 4.78 is 46.1. The van der Waals surface area contributed by atoms with Crippen molar-refractivity contribution in [3.63, 3.8) is 0 Å². The van der Waals surface area contributed by atoms with Gasteiger partial charge in [0.1, 0.15) is 27.5 Å². The summed E-state index contributed by atoms with van der Waals surface area (Å²) in [5.74, 6) is -1.17. The molecule has 1 aromatic heterocycles. The van der Waals surface area contributed by atoms with Gasteiger partial charge in [-0.2, -0.15) is 5.26 Å². The van der Waals surface area contributed by atoms with Gasteiger partial charge in [-0.05, 0) is 43.5 Å². The van der Waals surface area contributed by atoms with E-state index in [9.17, 15) is 13.4 Å². The Bertz CT molecular complexity index is 1400. The van der Waals surface area contributed by atoms with Crippen molar-refractivity contribution in [3.05, 3.63) is 82.9 Å². The van der Waals surface area contributed by atoms with E-state index in [1.807, 2.05) is 37.3 Å². The number of amides is 1. The first-order valence-electron chi connectivity index (χ1n) is 11.1.